The first-order valence-electron chi connectivity index (χ1n) is 5.91. The molecule has 1 aromatic heterocycles. The van der Waals surface area contributed by atoms with Crippen LogP contribution in [-0.2, 0) is 7.05 Å². The van der Waals surface area contributed by atoms with Gasteiger partial charge in [-0.2, -0.15) is 5.10 Å². The first kappa shape index (κ1) is 12.1. The second-order valence-electron chi connectivity index (χ2n) is 4.37. The molecular weight excluding hydrogens is 186 g/mol. The summed E-state index contributed by atoms with van der Waals surface area (Å²) in [6.07, 6.45) is 5.60. The zero-order chi connectivity index (χ0) is 11.3. The Labute approximate surface area is 92.9 Å². The van der Waals surface area contributed by atoms with Crippen LogP contribution in [0.2, 0.25) is 0 Å². The van der Waals surface area contributed by atoms with Crippen molar-refractivity contribution in [1.82, 2.24) is 9.78 Å². The van der Waals surface area contributed by atoms with E-state index in [0.717, 1.165) is 18.2 Å². The molecule has 0 saturated carbocycles. The van der Waals surface area contributed by atoms with Crippen LogP contribution >= 0.6 is 0 Å². The van der Waals surface area contributed by atoms with Gasteiger partial charge < -0.3 is 5.32 Å². The van der Waals surface area contributed by atoms with Gasteiger partial charge in [0.2, 0.25) is 0 Å². The van der Waals surface area contributed by atoms with Gasteiger partial charge >= 0.3 is 0 Å². The maximum Gasteiger partial charge on any atom is 0.148 e. The van der Waals surface area contributed by atoms with Crippen LogP contribution in [0, 0.1) is 5.92 Å². The van der Waals surface area contributed by atoms with Gasteiger partial charge in [-0.3, -0.25) is 4.68 Å². The quantitative estimate of drug-likeness (QED) is 0.780. The molecule has 0 fully saturated rings. The van der Waals surface area contributed by atoms with E-state index >= 15 is 0 Å². The highest BCUT2D eigenvalue weighted by Crippen LogP contribution is 2.15. The molecule has 1 N–H and O–H groups in total. The largest absolute Gasteiger partial charge is 0.366 e. The van der Waals surface area contributed by atoms with Crippen LogP contribution in [0.4, 0.5) is 5.82 Å². The Balaban J connectivity index is 2.46. The highest BCUT2D eigenvalue weighted by atomic mass is 15.3. The van der Waals surface area contributed by atoms with Crippen molar-refractivity contribution in [2.24, 2.45) is 13.0 Å². The van der Waals surface area contributed by atoms with Crippen molar-refractivity contribution in [2.45, 2.75) is 46.1 Å². The molecule has 15 heavy (non-hydrogen) atoms. The average molecular weight is 209 g/mol. The molecule has 1 heterocycles. The molecule has 0 saturated heterocycles. The summed E-state index contributed by atoms with van der Waals surface area (Å²) in [5.74, 6) is 1.78. The Hall–Kier alpha value is -0.990. The van der Waals surface area contributed by atoms with E-state index in [1.54, 1.807) is 0 Å². The summed E-state index contributed by atoms with van der Waals surface area (Å²) in [5, 5.41) is 7.82. The van der Waals surface area contributed by atoms with Gasteiger partial charge in [0.1, 0.15) is 5.82 Å². The van der Waals surface area contributed by atoms with Crippen molar-refractivity contribution in [2.75, 3.05) is 5.32 Å². The standard InChI is InChI=1S/C12H23N3/c1-5-10(3)9-11(6-2)13-12-7-8-15(4)14-12/h7-8,10-11H,5-6,9H2,1-4H3,(H,13,14). The summed E-state index contributed by atoms with van der Waals surface area (Å²) < 4.78 is 1.83. The van der Waals surface area contributed by atoms with E-state index in [4.69, 9.17) is 0 Å². The molecule has 3 heteroatoms. The van der Waals surface area contributed by atoms with Crippen molar-refractivity contribution in [3.63, 3.8) is 0 Å². The van der Waals surface area contributed by atoms with Crippen LogP contribution in [-0.4, -0.2) is 15.8 Å². The Morgan fingerprint density at radius 2 is 2.13 bits per heavy atom. The van der Waals surface area contributed by atoms with Crippen LogP contribution in [0.1, 0.15) is 40.0 Å². The van der Waals surface area contributed by atoms with Crippen molar-refractivity contribution < 1.29 is 0 Å². The maximum atomic E-state index is 4.34. The lowest BCUT2D eigenvalue weighted by Crippen LogP contribution is -2.21. The SMILES string of the molecule is CCC(C)CC(CC)Nc1ccn(C)n1. The van der Waals surface area contributed by atoms with Gasteiger partial charge in [0.15, 0.2) is 0 Å². The van der Waals surface area contributed by atoms with E-state index in [2.05, 4.69) is 31.2 Å². The molecule has 1 rings (SSSR count). The number of anilines is 1. The van der Waals surface area contributed by atoms with Crippen LogP contribution in [0.3, 0.4) is 0 Å². The summed E-state index contributed by atoms with van der Waals surface area (Å²) in [5.41, 5.74) is 0. The first-order chi connectivity index (χ1) is 7.15. The minimum Gasteiger partial charge on any atom is -0.366 e. The van der Waals surface area contributed by atoms with Gasteiger partial charge in [-0.1, -0.05) is 27.2 Å². The smallest absolute Gasteiger partial charge is 0.148 e. The number of aryl methyl sites for hydroxylation is 1. The molecule has 1 aromatic rings. The number of hydrogen-bond donors (Lipinski definition) is 1. The molecule has 0 aliphatic carbocycles. The van der Waals surface area contributed by atoms with Gasteiger partial charge in [-0.25, -0.2) is 0 Å². The van der Waals surface area contributed by atoms with Gasteiger partial charge in [0, 0.05) is 25.4 Å². The van der Waals surface area contributed by atoms with Gasteiger partial charge in [0.05, 0.1) is 0 Å². The minimum absolute atomic E-state index is 0.551. The number of hydrogen-bond acceptors (Lipinski definition) is 2. The molecule has 0 radical (unpaired) electrons. The molecule has 0 spiro atoms. The molecule has 0 aromatic carbocycles. The fourth-order valence-corrected chi connectivity index (χ4v) is 1.68. The number of nitrogens with zero attached hydrogens (tertiary/aromatic N) is 2. The summed E-state index contributed by atoms with van der Waals surface area (Å²) in [7, 11) is 1.95. The average Bonchev–Trinajstić information content (AvgIpc) is 2.62. The fourth-order valence-electron chi connectivity index (χ4n) is 1.68. The van der Waals surface area contributed by atoms with Crippen molar-refractivity contribution in [3.05, 3.63) is 12.3 Å². The highest BCUT2D eigenvalue weighted by molar-refractivity contribution is 5.33. The predicted molar refractivity (Wildman–Crippen MR) is 65.0 cm³/mol. The zero-order valence-electron chi connectivity index (χ0n) is 10.3. The van der Waals surface area contributed by atoms with E-state index in [1.165, 1.54) is 12.8 Å². The third kappa shape index (κ3) is 3.94. The molecular formula is C12H23N3. The summed E-state index contributed by atoms with van der Waals surface area (Å²) in [4.78, 5) is 0. The van der Waals surface area contributed by atoms with E-state index in [9.17, 15) is 0 Å². The molecule has 86 valence electrons. The molecule has 3 nitrogen and oxygen atoms in total. The Morgan fingerprint density at radius 1 is 1.40 bits per heavy atom. The Bertz CT molecular complexity index is 280. The topological polar surface area (TPSA) is 29.9 Å². The van der Waals surface area contributed by atoms with Crippen molar-refractivity contribution in [1.29, 1.82) is 0 Å². The van der Waals surface area contributed by atoms with Crippen LogP contribution < -0.4 is 5.32 Å². The molecule has 2 unspecified atom stereocenters. The maximum absolute atomic E-state index is 4.34. The third-order valence-corrected chi connectivity index (χ3v) is 2.94. The number of aromatic nitrogens is 2. The molecule has 2 atom stereocenters. The van der Waals surface area contributed by atoms with Crippen LogP contribution in [0.5, 0.6) is 0 Å². The van der Waals surface area contributed by atoms with E-state index in [-0.39, 0.29) is 0 Å². The summed E-state index contributed by atoms with van der Waals surface area (Å²) >= 11 is 0. The lowest BCUT2D eigenvalue weighted by molar-refractivity contribution is 0.461. The highest BCUT2D eigenvalue weighted by Gasteiger charge is 2.10. The lowest BCUT2D eigenvalue weighted by Gasteiger charge is -2.19. The predicted octanol–water partition coefficient (Wildman–Crippen LogP) is 3.05. The molecule has 0 bridgehead atoms. The van der Waals surface area contributed by atoms with Crippen molar-refractivity contribution in [3.8, 4) is 0 Å². The fraction of sp³-hybridized carbons (Fsp3) is 0.750. The monoisotopic (exact) mass is 209 g/mol. The Morgan fingerprint density at radius 3 is 2.60 bits per heavy atom. The van der Waals surface area contributed by atoms with Gasteiger partial charge in [-0.15, -0.1) is 0 Å². The Kier molecular flexibility index (Phi) is 4.66. The third-order valence-electron chi connectivity index (χ3n) is 2.94. The minimum atomic E-state index is 0.551. The number of nitrogens with one attached hydrogen (secondary N) is 1. The lowest BCUT2D eigenvalue weighted by atomic mass is 9.98. The second-order valence-corrected chi connectivity index (χ2v) is 4.37. The second kappa shape index (κ2) is 5.79. The van der Waals surface area contributed by atoms with Crippen LogP contribution in [0.25, 0.3) is 0 Å². The van der Waals surface area contributed by atoms with Gasteiger partial charge in [-0.05, 0) is 18.8 Å². The summed E-state index contributed by atoms with van der Waals surface area (Å²) in [6.45, 7) is 6.78. The normalized spacial score (nSPS) is 14.9. The van der Waals surface area contributed by atoms with E-state index < -0.39 is 0 Å². The van der Waals surface area contributed by atoms with E-state index in [0.29, 0.717) is 6.04 Å². The van der Waals surface area contributed by atoms with E-state index in [1.807, 2.05) is 24.0 Å². The molecule has 0 aliphatic rings. The molecule has 0 amide bonds. The molecule has 0 aliphatic heterocycles. The zero-order valence-corrected chi connectivity index (χ0v) is 10.3. The first-order valence-corrected chi connectivity index (χ1v) is 5.91. The number of rotatable bonds is 6. The van der Waals surface area contributed by atoms with Gasteiger partial charge in [0.25, 0.3) is 0 Å². The summed E-state index contributed by atoms with van der Waals surface area (Å²) in [6, 6.07) is 2.58. The van der Waals surface area contributed by atoms with Crippen molar-refractivity contribution >= 4 is 5.82 Å². The van der Waals surface area contributed by atoms with Crippen LogP contribution in [0.15, 0.2) is 12.3 Å².